The summed E-state index contributed by atoms with van der Waals surface area (Å²) < 4.78 is 5.42. The van der Waals surface area contributed by atoms with Gasteiger partial charge in [-0.2, -0.15) is 0 Å². The molecule has 1 heterocycles. The Morgan fingerprint density at radius 1 is 1.20 bits per heavy atom. The van der Waals surface area contributed by atoms with E-state index in [1.54, 1.807) is 0 Å². The molecule has 1 amide bonds. The van der Waals surface area contributed by atoms with Crippen LogP contribution in [0.2, 0.25) is 0 Å². The maximum atomic E-state index is 11.1. The van der Waals surface area contributed by atoms with Crippen LogP contribution in [0.4, 0.5) is 0 Å². The number of hydrogen-bond acceptors (Lipinski definition) is 2. The van der Waals surface area contributed by atoms with Gasteiger partial charge in [-0.1, -0.05) is 6.07 Å². The van der Waals surface area contributed by atoms with E-state index in [0.717, 1.165) is 22.1 Å². The zero-order chi connectivity index (χ0) is 11.2. The Balaban J connectivity index is 2.89. The topological polar surface area (TPSA) is 56.2 Å². The number of carbonyl (C=O) groups excluding carboxylic acids is 1. The third-order valence-corrected chi connectivity index (χ3v) is 2.85. The molecule has 0 unspecified atom stereocenters. The molecule has 3 heteroatoms. The second-order valence-electron chi connectivity index (χ2n) is 3.80. The van der Waals surface area contributed by atoms with Crippen LogP contribution in [-0.4, -0.2) is 5.91 Å². The average Bonchev–Trinajstić information content (AvgIpc) is 2.50. The smallest absolute Gasteiger partial charge is 0.284 e. The molecule has 0 aliphatic carbocycles. The maximum absolute atomic E-state index is 11.1. The van der Waals surface area contributed by atoms with Gasteiger partial charge in [0, 0.05) is 10.9 Å². The number of benzene rings is 1. The van der Waals surface area contributed by atoms with Gasteiger partial charge >= 0.3 is 0 Å². The molecule has 0 saturated carbocycles. The van der Waals surface area contributed by atoms with E-state index in [2.05, 4.69) is 0 Å². The minimum Gasteiger partial charge on any atom is -0.451 e. The van der Waals surface area contributed by atoms with Gasteiger partial charge in [0.25, 0.3) is 5.91 Å². The largest absolute Gasteiger partial charge is 0.451 e. The molecule has 2 N–H and O–H groups in total. The van der Waals surface area contributed by atoms with E-state index in [1.165, 1.54) is 5.56 Å². The molecule has 0 aliphatic heterocycles. The summed E-state index contributed by atoms with van der Waals surface area (Å²) in [5, 5.41) is 1.00. The van der Waals surface area contributed by atoms with Crippen molar-refractivity contribution in [2.45, 2.75) is 20.8 Å². The highest BCUT2D eigenvalue weighted by atomic mass is 16.3. The van der Waals surface area contributed by atoms with Crippen LogP contribution < -0.4 is 5.73 Å². The quantitative estimate of drug-likeness (QED) is 0.773. The monoisotopic (exact) mass is 203 g/mol. The number of nitrogens with two attached hydrogens (primary N) is 1. The van der Waals surface area contributed by atoms with Gasteiger partial charge < -0.3 is 10.2 Å². The van der Waals surface area contributed by atoms with E-state index < -0.39 is 5.91 Å². The number of amides is 1. The standard InChI is InChI=1S/C12H13NO2/c1-6-4-5-9-10(7(6)2)8(3)11(15-9)12(13)14/h4-5H,1-3H3,(H2,13,14). The first-order chi connectivity index (χ1) is 7.02. The lowest BCUT2D eigenvalue weighted by Gasteiger charge is -2.00. The number of fused-ring (bicyclic) bond motifs is 1. The van der Waals surface area contributed by atoms with Crippen LogP contribution in [0.15, 0.2) is 16.5 Å². The highest BCUT2D eigenvalue weighted by Gasteiger charge is 2.16. The predicted octanol–water partition coefficient (Wildman–Crippen LogP) is 2.46. The van der Waals surface area contributed by atoms with Crippen molar-refractivity contribution in [3.8, 4) is 0 Å². The van der Waals surface area contributed by atoms with E-state index in [1.807, 2.05) is 32.9 Å². The molecule has 3 nitrogen and oxygen atoms in total. The third-order valence-electron chi connectivity index (χ3n) is 2.85. The summed E-state index contributed by atoms with van der Waals surface area (Å²) in [6.45, 7) is 5.91. The van der Waals surface area contributed by atoms with Crippen LogP contribution in [0.3, 0.4) is 0 Å². The lowest BCUT2D eigenvalue weighted by molar-refractivity contribution is 0.0975. The molecule has 0 spiro atoms. The van der Waals surface area contributed by atoms with Crippen LogP contribution in [0.5, 0.6) is 0 Å². The summed E-state index contributed by atoms with van der Waals surface area (Å²) >= 11 is 0. The minimum absolute atomic E-state index is 0.263. The van der Waals surface area contributed by atoms with Crippen molar-refractivity contribution in [1.29, 1.82) is 0 Å². The van der Waals surface area contributed by atoms with Gasteiger partial charge in [0.15, 0.2) is 5.76 Å². The summed E-state index contributed by atoms with van der Waals surface area (Å²) in [7, 11) is 0. The summed E-state index contributed by atoms with van der Waals surface area (Å²) in [5.74, 6) is -0.251. The Bertz CT molecular complexity index is 552. The summed E-state index contributed by atoms with van der Waals surface area (Å²) in [4.78, 5) is 11.1. The van der Waals surface area contributed by atoms with Crippen LogP contribution in [0.1, 0.15) is 27.2 Å². The number of aryl methyl sites for hydroxylation is 3. The van der Waals surface area contributed by atoms with Crippen LogP contribution >= 0.6 is 0 Å². The number of carbonyl (C=O) groups is 1. The lowest BCUT2D eigenvalue weighted by Crippen LogP contribution is -2.10. The first-order valence-corrected chi connectivity index (χ1v) is 4.81. The van der Waals surface area contributed by atoms with Crippen molar-refractivity contribution in [3.05, 3.63) is 34.6 Å². The molecule has 2 rings (SSSR count). The van der Waals surface area contributed by atoms with Crippen molar-refractivity contribution >= 4 is 16.9 Å². The molecule has 0 aliphatic rings. The average molecular weight is 203 g/mol. The zero-order valence-corrected chi connectivity index (χ0v) is 9.05. The Morgan fingerprint density at radius 2 is 1.87 bits per heavy atom. The van der Waals surface area contributed by atoms with Crippen molar-refractivity contribution in [3.63, 3.8) is 0 Å². The first-order valence-electron chi connectivity index (χ1n) is 4.81. The number of primary amides is 1. The second-order valence-corrected chi connectivity index (χ2v) is 3.80. The third kappa shape index (κ3) is 1.31. The van der Waals surface area contributed by atoms with E-state index >= 15 is 0 Å². The van der Waals surface area contributed by atoms with Gasteiger partial charge in [-0.05, 0) is 38.0 Å². The van der Waals surface area contributed by atoms with Crippen molar-refractivity contribution < 1.29 is 9.21 Å². The predicted molar refractivity (Wildman–Crippen MR) is 58.9 cm³/mol. The Morgan fingerprint density at radius 3 is 2.47 bits per heavy atom. The fourth-order valence-electron chi connectivity index (χ4n) is 1.88. The highest BCUT2D eigenvalue weighted by molar-refractivity contribution is 5.99. The van der Waals surface area contributed by atoms with Crippen molar-refractivity contribution in [1.82, 2.24) is 0 Å². The number of rotatable bonds is 1. The van der Waals surface area contributed by atoms with Crippen LogP contribution in [0.25, 0.3) is 11.0 Å². The van der Waals surface area contributed by atoms with Gasteiger partial charge in [0.2, 0.25) is 0 Å². The highest BCUT2D eigenvalue weighted by Crippen LogP contribution is 2.29. The van der Waals surface area contributed by atoms with Crippen molar-refractivity contribution in [2.24, 2.45) is 5.73 Å². The number of furan rings is 1. The van der Waals surface area contributed by atoms with E-state index in [0.29, 0.717) is 0 Å². The molecule has 0 fully saturated rings. The van der Waals surface area contributed by atoms with Crippen molar-refractivity contribution in [2.75, 3.05) is 0 Å². The molecule has 0 bridgehead atoms. The molecule has 78 valence electrons. The molecular formula is C12H13NO2. The summed E-state index contributed by atoms with van der Waals surface area (Å²) in [6.07, 6.45) is 0. The van der Waals surface area contributed by atoms with Gasteiger partial charge in [0.1, 0.15) is 5.58 Å². The molecule has 1 aromatic heterocycles. The minimum atomic E-state index is -0.513. The summed E-state index contributed by atoms with van der Waals surface area (Å²) in [6, 6.07) is 3.85. The fourth-order valence-corrected chi connectivity index (χ4v) is 1.88. The number of hydrogen-bond donors (Lipinski definition) is 1. The van der Waals surface area contributed by atoms with Gasteiger partial charge in [0.05, 0.1) is 0 Å². The van der Waals surface area contributed by atoms with E-state index in [4.69, 9.17) is 10.2 Å². The molecular weight excluding hydrogens is 190 g/mol. The van der Waals surface area contributed by atoms with E-state index in [-0.39, 0.29) is 5.76 Å². The fraction of sp³-hybridized carbons (Fsp3) is 0.250. The first kappa shape index (κ1) is 9.77. The van der Waals surface area contributed by atoms with Gasteiger partial charge in [-0.25, -0.2) is 0 Å². The Hall–Kier alpha value is -1.77. The second kappa shape index (κ2) is 3.12. The maximum Gasteiger partial charge on any atom is 0.284 e. The normalized spacial score (nSPS) is 10.9. The Labute approximate surface area is 87.9 Å². The lowest BCUT2D eigenvalue weighted by atomic mass is 10.0. The molecule has 15 heavy (non-hydrogen) atoms. The van der Waals surface area contributed by atoms with E-state index in [9.17, 15) is 4.79 Å². The van der Waals surface area contributed by atoms with Gasteiger partial charge in [-0.15, -0.1) is 0 Å². The molecule has 0 atom stereocenters. The van der Waals surface area contributed by atoms with Gasteiger partial charge in [-0.3, -0.25) is 4.79 Å². The molecule has 1 aromatic carbocycles. The van der Waals surface area contributed by atoms with Crippen LogP contribution in [0, 0.1) is 20.8 Å². The zero-order valence-electron chi connectivity index (χ0n) is 9.05. The summed E-state index contributed by atoms with van der Waals surface area (Å²) in [5.41, 5.74) is 9.12. The Kier molecular flexibility index (Phi) is 2.03. The molecule has 0 saturated heterocycles. The molecule has 2 aromatic rings. The SMILES string of the molecule is Cc1ccc2oc(C(N)=O)c(C)c2c1C. The van der Waals surface area contributed by atoms with Crippen LogP contribution in [-0.2, 0) is 0 Å². The molecule has 0 radical (unpaired) electrons.